The fraction of sp³-hybridized carbons (Fsp3) is 0.839. The molecular weight excluding hydrogens is 1370 g/mol. The van der Waals surface area contributed by atoms with Crippen molar-refractivity contribution in [3.63, 3.8) is 0 Å². The Labute approximate surface area is 521 Å². The maximum atomic E-state index is 11.7. The summed E-state index contributed by atoms with van der Waals surface area (Å²) in [6.07, 6.45) is 8.52. The molecule has 0 bridgehead atoms. The molecule has 0 aliphatic heterocycles. The Morgan fingerprint density at radius 3 is 0.850 bits per heavy atom. The summed E-state index contributed by atoms with van der Waals surface area (Å²) in [5, 5.41) is 20.2. The maximum Gasteiger partial charge on any atom is 0.490 e. The van der Waals surface area contributed by atoms with Crippen molar-refractivity contribution < 1.29 is 61.4 Å². The first-order valence-electron chi connectivity index (χ1n) is 28.0. The first kappa shape index (κ1) is 89.3. The van der Waals surface area contributed by atoms with E-state index in [4.69, 9.17) is 21.4 Å². The fourth-order valence-electron chi connectivity index (χ4n) is 7.40. The van der Waals surface area contributed by atoms with Gasteiger partial charge in [0.25, 0.3) is 0 Å². The molecule has 0 heterocycles. The van der Waals surface area contributed by atoms with Crippen molar-refractivity contribution in [2.75, 3.05) is 60.6 Å². The van der Waals surface area contributed by atoms with E-state index < -0.39 is 12.1 Å². The van der Waals surface area contributed by atoms with Gasteiger partial charge in [-0.3, -0.25) is 38.4 Å². The van der Waals surface area contributed by atoms with Crippen LogP contribution in [0.4, 0.5) is 13.2 Å². The zero-order valence-electron chi connectivity index (χ0n) is 50.0. The third-order valence-electron chi connectivity index (χ3n) is 11.3. The number of hydrogen-bond donors (Lipinski definition) is 7. The number of nitrogens with one attached hydrogen (secondary N) is 4. The summed E-state index contributed by atoms with van der Waals surface area (Å²) in [5.41, 5.74) is 11.0. The van der Waals surface area contributed by atoms with Crippen molar-refractivity contribution in [2.24, 2.45) is 58.8 Å². The van der Waals surface area contributed by atoms with Crippen molar-refractivity contribution in [3.8, 4) is 0 Å². The zero-order valence-corrected chi connectivity index (χ0v) is 57.9. The van der Waals surface area contributed by atoms with Crippen molar-refractivity contribution >= 4 is 131 Å². The Bertz CT molecular complexity index is 1510. The Balaban J connectivity index is -0.000000214. The lowest BCUT2D eigenvalue weighted by molar-refractivity contribution is -0.192. The minimum absolute atomic E-state index is 0.0162. The summed E-state index contributed by atoms with van der Waals surface area (Å²) in [6, 6.07) is 0. The second kappa shape index (κ2) is 60.3. The third-order valence-corrected chi connectivity index (χ3v) is 14.7. The number of rotatable bonds is 38. The van der Waals surface area contributed by atoms with Crippen molar-refractivity contribution in [1.29, 1.82) is 0 Å². The third kappa shape index (κ3) is 72.2. The van der Waals surface area contributed by atoms with Gasteiger partial charge in [0.05, 0.1) is 21.3 Å². The molecule has 80 heavy (non-hydrogen) atoms. The number of halogens is 8. The van der Waals surface area contributed by atoms with Crippen molar-refractivity contribution in [3.05, 3.63) is 0 Å². The highest BCUT2D eigenvalue weighted by Crippen LogP contribution is 2.21. The van der Waals surface area contributed by atoms with Crippen LogP contribution in [0.25, 0.3) is 0 Å². The van der Waals surface area contributed by atoms with E-state index in [2.05, 4.69) is 177 Å². The monoisotopic (exact) mass is 1470 g/mol. The zero-order chi connectivity index (χ0) is 63.2. The highest BCUT2D eigenvalue weighted by Gasteiger charge is 2.38. The van der Waals surface area contributed by atoms with E-state index in [1.807, 2.05) is 0 Å². The molecule has 4 amide bonds. The highest BCUT2D eigenvalue weighted by atomic mass is 79.9. The predicted molar refractivity (Wildman–Crippen MR) is 337 cm³/mol. The molecule has 0 aliphatic rings. The van der Waals surface area contributed by atoms with Gasteiger partial charge in [-0.2, -0.15) is 13.2 Å². The number of carboxylic acids is 1. The number of alkyl halides is 7. The summed E-state index contributed by atoms with van der Waals surface area (Å²) >= 11 is 15.0. The Morgan fingerprint density at radius 1 is 0.450 bits per heavy atom. The molecule has 0 spiro atoms. The molecule has 24 heteroatoms. The molecule has 0 fully saturated rings. The summed E-state index contributed by atoms with van der Waals surface area (Å²) in [6.45, 7) is 27.3. The second-order valence-electron chi connectivity index (χ2n) is 21.1. The smallest absolute Gasteiger partial charge is 0.475 e. The van der Waals surface area contributed by atoms with Gasteiger partial charge in [0, 0.05) is 77.7 Å². The van der Waals surface area contributed by atoms with Gasteiger partial charge in [0.2, 0.25) is 28.3 Å². The van der Waals surface area contributed by atoms with E-state index in [0.29, 0.717) is 153 Å². The van der Waals surface area contributed by atoms with E-state index in [9.17, 15) is 51.5 Å². The second-order valence-corrected chi connectivity index (χ2v) is 24.2. The molecule has 9 N–H and O–H groups in total. The Kier molecular flexibility index (Phi) is 67.3. The number of ketones is 3. The summed E-state index contributed by atoms with van der Waals surface area (Å²) < 4.78 is 31.7. The topological polar surface area (TPSA) is 274 Å². The van der Waals surface area contributed by atoms with Crippen LogP contribution in [0.3, 0.4) is 0 Å². The van der Waals surface area contributed by atoms with Gasteiger partial charge in [-0.1, -0.05) is 159 Å². The van der Waals surface area contributed by atoms with Gasteiger partial charge in [0.1, 0.15) is 17.3 Å². The summed E-state index contributed by atoms with van der Waals surface area (Å²) in [7, 11) is 0. The van der Waals surface area contributed by atoms with Crippen LogP contribution in [0.15, 0.2) is 0 Å². The van der Waals surface area contributed by atoms with E-state index in [1.165, 1.54) is 0 Å². The number of carboxylic acid groups (broad SMARTS) is 1. The van der Waals surface area contributed by atoms with Crippen LogP contribution >= 0.6 is 79.6 Å². The van der Waals surface area contributed by atoms with Gasteiger partial charge >= 0.3 is 12.1 Å². The van der Waals surface area contributed by atoms with E-state index >= 15 is 0 Å². The van der Waals surface area contributed by atoms with Gasteiger partial charge in [-0.05, 0) is 115 Å². The molecular formula is C56H104Br5F3N6O10. The van der Waals surface area contributed by atoms with Gasteiger partial charge < -0.3 is 37.8 Å². The lowest BCUT2D eigenvalue weighted by atomic mass is 9.92. The lowest BCUT2D eigenvalue weighted by Gasteiger charge is -2.16. The van der Waals surface area contributed by atoms with E-state index in [1.54, 1.807) is 0 Å². The molecule has 474 valence electrons. The van der Waals surface area contributed by atoms with Crippen LogP contribution in [-0.4, -0.2) is 124 Å². The largest absolute Gasteiger partial charge is 0.490 e. The number of carbonyl (C=O) groups excluding carboxylic acids is 8. The minimum atomic E-state index is -5.08. The predicted octanol–water partition coefficient (Wildman–Crippen LogP) is 11.9. The van der Waals surface area contributed by atoms with Gasteiger partial charge in [0.15, 0.2) is 0 Å². The Morgan fingerprint density at radius 2 is 0.675 bits per heavy atom. The molecule has 0 rings (SSSR count). The number of nitrogens with two attached hydrogens (primary N) is 2. The van der Waals surface area contributed by atoms with Crippen LogP contribution in [0.2, 0.25) is 0 Å². The van der Waals surface area contributed by atoms with Crippen LogP contribution in [-0.2, 0) is 43.2 Å². The number of amides is 4. The average molecular weight is 1480 g/mol. The molecule has 0 saturated heterocycles. The molecule has 0 aromatic carbocycles. The van der Waals surface area contributed by atoms with E-state index in [-0.39, 0.29) is 51.6 Å². The minimum Gasteiger partial charge on any atom is -0.475 e. The molecule has 0 aliphatic carbocycles. The number of aliphatic carboxylic acids is 1. The molecule has 4 atom stereocenters. The quantitative estimate of drug-likeness (QED) is 0.0173. The number of carbonyl (C=O) groups is 9. The summed E-state index contributed by atoms with van der Waals surface area (Å²) in [4.78, 5) is 98.1. The first-order chi connectivity index (χ1) is 37.3. The van der Waals surface area contributed by atoms with Crippen molar-refractivity contribution in [2.45, 2.75) is 191 Å². The van der Waals surface area contributed by atoms with Crippen LogP contribution in [0, 0.1) is 47.3 Å². The molecule has 0 aromatic rings. The summed E-state index contributed by atoms with van der Waals surface area (Å²) in [5.74, 6) is 2.46. The molecule has 0 saturated carbocycles. The first-order valence-corrected chi connectivity index (χ1v) is 33.3. The molecule has 0 unspecified atom stereocenters. The fourth-order valence-corrected chi connectivity index (χ4v) is 8.24. The molecule has 0 radical (unpaired) electrons. The molecule has 16 nitrogen and oxygen atoms in total. The van der Waals surface area contributed by atoms with Crippen LogP contribution < -0.4 is 32.7 Å². The standard InChI is InChI=1S/2C14H26BrNO2.C13H25BrN2O2.C11H24N2O.C2H2Br2O.C2HF3O2/c2*1-4-12(8-11(2)3)9-14(18)16-7-5-6-13(17)10-15;1-10(2)6-11(9-15)7-13(18)16-5-3-4-12(17)8-14;1-4-10(7-9(2)3)8-11(14)13-6-5-12;3-1-2(4)5;3-2(4,5)1(6)7/h2*11-12H,4-10H2,1-3H3,(H,16,18);10-11H,3-9,15H2,1-2H3,(H,16,18);9-10H,4-8,12H2,1-3H3,(H,13,14);1H2;(H,6,7)/t2*12-;11-;10-;;/m0000../s1. The Hall–Kier alpha value is -1.86. The van der Waals surface area contributed by atoms with E-state index in [0.717, 1.165) is 57.8 Å². The SMILES string of the molecule is CC(C)C[C@H](CN)CC(=O)NCCCC(=O)CBr.CC[C@H](CC(=O)NCCCC(=O)CBr)CC(C)C.CC[C@H](CC(=O)NCCCC(=O)CBr)CC(C)C.CC[C@H](CC(=O)NCCN)CC(C)C.O=C(Br)CBr.O=C(O)C(F)(F)F. The van der Waals surface area contributed by atoms with Crippen LogP contribution in [0.1, 0.15) is 185 Å². The van der Waals surface area contributed by atoms with Crippen molar-refractivity contribution in [1.82, 2.24) is 21.3 Å². The van der Waals surface area contributed by atoms with Gasteiger partial charge in [-0.15, -0.1) is 0 Å². The molecule has 0 aromatic heterocycles. The number of hydrogen-bond acceptors (Lipinski definition) is 11. The normalized spacial score (nSPS) is 12.2. The van der Waals surface area contributed by atoms with Crippen LogP contribution in [0.5, 0.6) is 0 Å². The average Bonchev–Trinajstić information content (AvgIpc) is 3.38. The van der Waals surface area contributed by atoms with Gasteiger partial charge in [-0.25, -0.2) is 4.79 Å². The highest BCUT2D eigenvalue weighted by molar-refractivity contribution is 9.19. The maximum absolute atomic E-state index is 11.7. The number of Topliss-reactive ketones (excluding diaryl/α,β-unsaturated/α-hetero) is 3. The lowest BCUT2D eigenvalue weighted by Crippen LogP contribution is -2.30.